The molecule has 1 aromatic rings. The van der Waals surface area contributed by atoms with Crippen molar-refractivity contribution < 1.29 is 29.6 Å². The number of hydrogen-bond acceptors (Lipinski definition) is 5. The van der Waals surface area contributed by atoms with E-state index in [1.54, 1.807) is 24.3 Å². The van der Waals surface area contributed by atoms with Gasteiger partial charge in [-0.25, -0.2) is 0 Å². The van der Waals surface area contributed by atoms with Crippen LogP contribution in [-0.4, -0.2) is 52.6 Å². The van der Waals surface area contributed by atoms with Crippen molar-refractivity contribution in [2.24, 2.45) is 0 Å². The van der Waals surface area contributed by atoms with E-state index in [4.69, 9.17) is 14.9 Å². The van der Waals surface area contributed by atoms with E-state index >= 15 is 0 Å². The fourth-order valence-corrected chi connectivity index (χ4v) is 1.47. The molecule has 1 aromatic carbocycles. The van der Waals surface area contributed by atoms with Crippen LogP contribution in [0, 0.1) is 0 Å². The van der Waals surface area contributed by atoms with E-state index in [1.807, 2.05) is 6.07 Å². The number of carboxylic acid groups (broad SMARTS) is 2. The smallest absolute Gasteiger partial charge is 0.321 e. The third-order valence-corrected chi connectivity index (χ3v) is 2.46. The fourth-order valence-electron chi connectivity index (χ4n) is 1.47. The number of aliphatic carboxylic acids is 2. The number of benzene rings is 1. The second kappa shape index (κ2) is 8.13. The summed E-state index contributed by atoms with van der Waals surface area (Å²) in [6.45, 7) is -0.0898. The normalized spacial score (nSPS) is 13.4. The van der Waals surface area contributed by atoms with Crippen molar-refractivity contribution in [2.45, 2.75) is 18.6 Å². The van der Waals surface area contributed by atoms with Gasteiger partial charge in [0.05, 0.1) is 6.42 Å². The lowest BCUT2D eigenvalue weighted by Gasteiger charge is -2.16. The first-order valence-electron chi connectivity index (χ1n) is 6.03. The Labute approximate surface area is 115 Å². The van der Waals surface area contributed by atoms with Gasteiger partial charge in [0.1, 0.15) is 24.5 Å². The Morgan fingerprint density at radius 3 is 2.40 bits per heavy atom. The Morgan fingerprint density at radius 2 is 1.85 bits per heavy atom. The van der Waals surface area contributed by atoms with Crippen LogP contribution in [0.5, 0.6) is 5.75 Å². The quantitative estimate of drug-likeness (QED) is 0.502. The maximum atomic E-state index is 10.8. The van der Waals surface area contributed by atoms with Gasteiger partial charge >= 0.3 is 11.9 Å². The number of carboxylic acids is 2. The van der Waals surface area contributed by atoms with Crippen LogP contribution in [0.3, 0.4) is 0 Å². The molecule has 7 nitrogen and oxygen atoms in total. The molecule has 0 bridgehead atoms. The second-order valence-electron chi connectivity index (χ2n) is 4.17. The fraction of sp³-hybridized carbons (Fsp3) is 0.385. The zero-order valence-electron chi connectivity index (χ0n) is 10.7. The first-order chi connectivity index (χ1) is 9.49. The predicted molar refractivity (Wildman–Crippen MR) is 69.6 cm³/mol. The molecule has 20 heavy (non-hydrogen) atoms. The average molecular weight is 283 g/mol. The van der Waals surface area contributed by atoms with Crippen molar-refractivity contribution in [1.29, 1.82) is 0 Å². The van der Waals surface area contributed by atoms with E-state index in [0.717, 1.165) is 0 Å². The molecule has 0 radical (unpaired) electrons. The largest absolute Gasteiger partial charge is 0.491 e. The monoisotopic (exact) mass is 283 g/mol. The number of nitrogens with one attached hydrogen (secondary N) is 1. The minimum atomic E-state index is -1.27. The Kier molecular flexibility index (Phi) is 6.48. The van der Waals surface area contributed by atoms with Crippen LogP contribution in [0.2, 0.25) is 0 Å². The van der Waals surface area contributed by atoms with Gasteiger partial charge in [-0.2, -0.15) is 0 Å². The van der Waals surface area contributed by atoms with E-state index in [9.17, 15) is 14.7 Å². The highest BCUT2D eigenvalue weighted by Crippen LogP contribution is 2.08. The summed E-state index contributed by atoms with van der Waals surface area (Å²) in [4.78, 5) is 21.3. The molecule has 1 rings (SSSR count). The summed E-state index contributed by atoms with van der Waals surface area (Å²) < 4.78 is 5.29. The standard InChI is InChI=1S/C13H17NO6/c15-9(8-20-10-4-2-1-3-5-10)7-14-11(13(18)19)6-12(16)17/h1-5,9,11,14-15H,6-8H2,(H,16,17)(H,18,19). The van der Waals surface area contributed by atoms with Crippen molar-refractivity contribution >= 4 is 11.9 Å². The van der Waals surface area contributed by atoms with Gasteiger partial charge < -0.3 is 25.4 Å². The van der Waals surface area contributed by atoms with Crippen LogP contribution in [-0.2, 0) is 9.59 Å². The molecule has 0 saturated heterocycles. The van der Waals surface area contributed by atoms with Gasteiger partial charge in [-0.3, -0.25) is 9.59 Å². The van der Waals surface area contributed by atoms with Crippen LogP contribution in [0.15, 0.2) is 30.3 Å². The van der Waals surface area contributed by atoms with Crippen LogP contribution in [0.25, 0.3) is 0 Å². The van der Waals surface area contributed by atoms with Gasteiger partial charge in [0.25, 0.3) is 0 Å². The molecule has 0 spiro atoms. The zero-order chi connectivity index (χ0) is 15.0. The number of para-hydroxylation sites is 1. The second-order valence-corrected chi connectivity index (χ2v) is 4.17. The van der Waals surface area contributed by atoms with Gasteiger partial charge in [0, 0.05) is 6.54 Å². The van der Waals surface area contributed by atoms with Crippen LogP contribution in [0.1, 0.15) is 6.42 Å². The van der Waals surface area contributed by atoms with E-state index in [0.29, 0.717) is 5.75 Å². The van der Waals surface area contributed by atoms with E-state index in [-0.39, 0.29) is 13.2 Å². The Morgan fingerprint density at radius 1 is 1.20 bits per heavy atom. The molecule has 0 fully saturated rings. The molecule has 0 aromatic heterocycles. The summed E-state index contributed by atoms with van der Waals surface area (Å²) in [6.07, 6.45) is -1.49. The molecular weight excluding hydrogens is 266 g/mol. The third kappa shape index (κ3) is 6.17. The number of ether oxygens (including phenoxy) is 1. The molecule has 0 aliphatic heterocycles. The van der Waals surface area contributed by atoms with E-state index in [1.165, 1.54) is 0 Å². The van der Waals surface area contributed by atoms with Gasteiger partial charge in [0.15, 0.2) is 0 Å². The Bertz CT molecular complexity index is 436. The average Bonchev–Trinajstić information content (AvgIpc) is 2.41. The van der Waals surface area contributed by atoms with Crippen molar-refractivity contribution in [3.05, 3.63) is 30.3 Å². The summed E-state index contributed by atoms with van der Waals surface area (Å²) in [5.41, 5.74) is 0. The first-order valence-corrected chi connectivity index (χ1v) is 6.03. The van der Waals surface area contributed by atoms with Crippen molar-refractivity contribution in [2.75, 3.05) is 13.2 Å². The maximum absolute atomic E-state index is 10.8. The first kappa shape index (κ1) is 15.9. The van der Waals surface area contributed by atoms with Crippen LogP contribution < -0.4 is 10.1 Å². The summed E-state index contributed by atoms with van der Waals surface area (Å²) in [5.74, 6) is -1.91. The molecule has 0 saturated carbocycles. The number of aliphatic hydroxyl groups excluding tert-OH is 1. The molecule has 0 amide bonds. The van der Waals surface area contributed by atoms with E-state index < -0.39 is 30.5 Å². The number of rotatable bonds is 9. The van der Waals surface area contributed by atoms with E-state index in [2.05, 4.69) is 5.32 Å². The summed E-state index contributed by atoms with van der Waals surface area (Å²) in [6, 6.07) is 7.61. The number of carbonyl (C=O) groups is 2. The summed E-state index contributed by atoms with van der Waals surface area (Å²) in [7, 11) is 0. The molecule has 2 unspecified atom stereocenters. The minimum absolute atomic E-state index is 0.0174. The van der Waals surface area contributed by atoms with Gasteiger partial charge in [-0.05, 0) is 12.1 Å². The zero-order valence-corrected chi connectivity index (χ0v) is 10.7. The minimum Gasteiger partial charge on any atom is -0.491 e. The lowest BCUT2D eigenvalue weighted by molar-refractivity contribution is -0.146. The highest BCUT2D eigenvalue weighted by atomic mass is 16.5. The predicted octanol–water partition coefficient (Wildman–Crippen LogP) is -0.0562. The lowest BCUT2D eigenvalue weighted by atomic mass is 10.2. The summed E-state index contributed by atoms with van der Waals surface area (Å²) in [5, 5.41) is 29.5. The lowest BCUT2D eigenvalue weighted by Crippen LogP contribution is -2.43. The van der Waals surface area contributed by atoms with Gasteiger partial charge in [-0.1, -0.05) is 18.2 Å². The molecule has 4 N–H and O–H groups in total. The van der Waals surface area contributed by atoms with Crippen LogP contribution >= 0.6 is 0 Å². The SMILES string of the molecule is O=C(O)CC(NCC(O)COc1ccccc1)C(=O)O. The molecular formula is C13H17NO6. The summed E-state index contributed by atoms with van der Waals surface area (Å²) >= 11 is 0. The molecule has 0 aliphatic rings. The highest BCUT2D eigenvalue weighted by molar-refractivity contribution is 5.80. The Balaban J connectivity index is 2.32. The molecule has 0 heterocycles. The highest BCUT2D eigenvalue weighted by Gasteiger charge is 2.21. The van der Waals surface area contributed by atoms with Gasteiger partial charge in [0.2, 0.25) is 0 Å². The maximum Gasteiger partial charge on any atom is 0.321 e. The number of hydrogen-bond donors (Lipinski definition) is 4. The third-order valence-electron chi connectivity index (χ3n) is 2.46. The molecule has 2 atom stereocenters. The van der Waals surface area contributed by atoms with Crippen molar-refractivity contribution in [1.82, 2.24) is 5.32 Å². The Hall–Kier alpha value is -2.12. The number of aliphatic hydroxyl groups is 1. The topological polar surface area (TPSA) is 116 Å². The van der Waals surface area contributed by atoms with Crippen LogP contribution in [0.4, 0.5) is 0 Å². The molecule has 110 valence electrons. The van der Waals surface area contributed by atoms with Crippen molar-refractivity contribution in [3.8, 4) is 5.75 Å². The molecule has 0 aliphatic carbocycles. The van der Waals surface area contributed by atoms with Crippen molar-refractivity contribution in [3.63, 3.8) is 0 Å². The van der Waals surface area contributed by atoms with Gasteiger partial charge in [-0.15, -0.1) is 0 Å². The molecule has 7 heteroatoms.